The number of sulfonamides is 1. The Kier molecular flexibility index (Phi) is 9.91. The van der Waals surface area contributed by atoms with Gasteiger partial charge in [0.25, 0.3) is 0 Å². The highest BCUT2D eigenvalue weighted by Crippen LogP contribution is 2.28. The van der Waals surface area contributed by atoms with Crippen LogP contribution in [0, 0.1) is 17.7 Å². The Balaban J connectivity index is 1.98. The van der Waals surface area contributed by atoms with Crippen molar-refractivity contribution >= 4 is 33.4 Å². The third-order valence-corrected chi connectivity index (χ3v) is 7.63. The van der Waals surface area contributed by atoms with Crippen molar-refractivity contribution in [3.05, 3.63) is 29.0 Å². The van der Waals surface area contributed by atoms with Gasteiger partial charge in [0.05, 0.1) is 5.02 Å². The number of benzene rings is 1. The molecule has 3 N–H and O–H groups in total. The van der Waals surface area contributed by atoms with Gasteiger partial charge in [-0.3, -0.25) is 9.59 Å². The molecule has 2 amide bonds. The Hall–Kier alpha value is -1.71. The van der Waals surface area contributed by atoms with E-state index in [4.69, 9.17) is 17.3 Å². The zero-order valence-corrected chi connectivity index (χ0v) is 20.2. The first kappa shape index (κ1) is 26.5. The standard InChI is InChI=1S/C22H33ClFN3O4S/c1-15(2)13-19(21(25)28)27(22(29)16-7-3-4-8-16)12-6-5-11-26-32(30,31)20-10-9-17(24)14-18(20)23/h9-10,14-16,19,26H,3-8,11-13H2,1-2H3,(H2,25,28)/t19-/m0/s1. The van der Waals surface area contributed by atoms with Crippen molar-refractivity contribution in [3.63, 3.8) is 0 Å². The maximum absolute atomic E-state index is 13.2. The van der Waals surface area contributed by atoms with Gasteiger partial charge in [-0.25, -0.2) is 17.5 Å². The van der Waals surface area contributed by atoms with E-state index in [2.05, 4.69) is 4.72 Å². The second-order valence-corrected chi connectivity index (χ2v) is 10.9. The van der Waals surface area contributed by atoms with Gasteiger partial charge in [0.15, 0.2) is 0 Å². The lowest BCUT2D eigenvalue weighted by atomic mass is 9.98. The van der Waals surface area contributed by atoms with Crippen LogP contribution in [0.4, 0.5) is 4.39 Å². The van der Waals surface area contributed by atoms with Crippen molar-refractivity contribution < 1.29 is 22.4 Å². The summed E-state index contributed by atoms with van der Waals surface area (Å²) in [5.74, 6) is -1.06. The number of rotatable bonds is 12. The number of hydrogen-bond donors (Lipinski definition) is 2. The van der Waals surface area contributed by atoms with Gasteiger partial charge in [-0.2, -0.15) is 0 Å². The second-order valence-electron chi connectivity index (χ2n) is 8.74. The minimum Gasteiger partial charge on any atom is -0.368 e. The number of carbonyl (C=O) groups excluding carboxylic acids is 2. The summed E-state index contributed by atoms with van der Waals surface area (Å²) in [5.41, 5.74) is 5.64. The Morgan fingerprint density at radius 2 is 1.91 bits per heavy atom. The monoisotopic (exact) mass is 489 g/mol. The summed E-state index contributed by atoms with van der Waals surface area (Å²) < 4.78 is 40.5. The number of nitrogens with two attached hydrogens (primary N) is 1. The van der Waals surface area contributed by atoms with Crippen LogP contribution in [0.5, 0.6) is 0 Å². The van der Waals surface area contributed by atoms with Crippen LogP contribution in [-0.4, -0.2) is 44.3 Å². The molecule has 0 aliphatic heterocycles. The van der Waals surface area contributed by atoms with Crippen LogP contribution in [0.3, 0.4) is 0 Å². The van der Waals surface area contributed by atoms with Gasteiger partial charge in [-0.15, -0.1) is 0 Å². The van der Waals surface area contributed by atoms with Crippen LogP contribution in [-0.2, 0) is 19.6 Å². The van der Waals surface area contributed by atoms with E-state index in [0.29, 0.717) is 25.8 Å². The molecule has 0 radical (unpaired) electrons. The molecule has 1 aliphatic carbocycles. The quantitative estimate of drug-likeness (QED) is 0.438. The number of amides is 2. The highest BCUT2D eigenvalue weighted by atomic mass is 35.5. The molecule has 1 aliphatic rings. The number of nitrogens with one attached hydrogen (secondary N) is 1. The predicted octanol–water partition coefficient (Wildman–Crippen LogP) is 3.46. The maximum Gasteiger partial charge on any atom is 0.242 e. The van der Waals surface area contributed by atoms with Crippen molar-refractivity contribution in [2.75, 3.05) is 13.1 Å². The van der Waals surface area contributed by atoms with E-state index in [9.17, 15) is 22.4 Å². The van der Waals surface area contributed by atoms with Crippen molar-refractivity contribution in [1.29, 1.82) is 0 Å². The van der Waals surface area contributed by atoms with E-state index in [1.807, 2.05) is 13.8 Å². The van der Waals surface area contributed by atoms with Crippen LogP contribution in [0.25, 0.3) is 0 Å². The molecule has 0 spiro atoms. The van der Waals surface area contributed by atoms with Crippen molar-refractivity contribution in [2.45, 2.75) is 69.7 Å². The summed E-state index contributed by atoms with van der Waals surface area (Å²) in [4.78, 5) is 26.6. The van der Waals surface area contributed by atoms with Gasteiger partial charge in [-0.1, -0.05) is 38.3 Å². The maximum atomic E-state index is 13.2. The van der Waals surface area contributed by atoms with Gasteiger partial charge in [-0.05, 0) is 56.2 Å². The molecule has 1 saturated carbocycles. The lowest BCUT2D eigenvalue weighted by Crippen LogP contribution is -2.50. The van der Waals surface area contributed by atoms with E-state index in [-0.39, 0.29) is 34.2 Å². The van der Waals surface area contributed by atoms with Gasteiger partial charge in [0.1, 0.15) is 16.8 Å². The molecule has 0 heterocycles. The molecule has 0 aromatic heterocycles. The lowest BCUT2D eigenvalue weighted by molar-refractivity contribution is -0.143. The second kappa shape index (κ2) is 12.0. The molecule has 7 nitrogen and oxygen atoms in total. The number of carbonyl (C=O) groups is 2. The van der Waals surface area contributed by atoms with Gasteiger partial charge >= 0.3 is 0 Å². The Morgan fingerprint density at radius 3 is 2.47 bits per heavy atom. The largest absolute Gasteiger partial charge is 0.368 e. The smallest absolute Gasteiger partial charge is 0.242 e. The van der Waals surface area contributed by atoms with Crippen LogP contribution >= 0.6 is 11.6 Å². The zero-order chi connectivity index (χ0) is 23.9. The lowest BCUT2D eigenvalue weighted by Gasteiger charge is -2.33. The number of hydrogen-bond acceptors (Lipinski definition) is 4. The normalized spacial score (nSPS) is 15.8. The first-order valence-electron chi connectivity index (χ1n) is 11.1. The summed E-state index contributed by atoms with van der Waals surface area (Å²) in [6.07, 6.45) is 5.08. The number of halogens is 2. The van der Waals surface area contributed by atoms with Gasteiger partial charge in [0, 0.05) is 19.0 Å². The molecule has 1 fully saturated rings. The molecule has 1 aromatic carbocycles. The summed E-state index contributed by atoms with van der Waals surface area (Å²) in [5, 5.41) is -0.191. The topological polar surface area (TPSA) is 110 Å². The summed E-state index contributed by atoms with van der Waals surface area (Å²) in [6, 6.07) is 2.43. The van der Waals surface area contributed by atoms with E-state index >= 15 is 0 Å². The average molecular weight is 490 g/mol. The number of primary amides is 1. The molecule has 10 heteroatoms. The molecular weight excluding hydrogens is 457 g/mol. The van der Waals surface area contributed by atoms with Gasteiger partial charge < -0.3 is 10.6 Å². The van der Waals surface area contributed by atoms with Crippen LogP contribution in [0.2, 0.25) is 5.02 Å². The highest BCUT2D eigenvalue weighted by Gasteiger charge is 2.34. The molecular formula is C22H33ClFN3O4S. The van der Waals surface area contributed by atoms with E-state index in [0.717, 1.165) is 43.9 Å². The average Bonchev–Trinajstić information content (AvgIpc) is 3.23. The summed E-state index contributed by atoms with van der Waals surface area (Å²) in [7, 11) is -3.89. The van der Waals surface area contributed by atoms with E-state index in [1.54, 1.807) is 4.90 Å². The summed E-state index contributed by atoms with van der Waals surface area (Å²) >= 11 is 5.85. The summed E-state index contributed by atoms with van der Waals surface area (Å²) in [6.45, 7) is 4.40. The minimum atomic E-state index is -3.89. The number of nitrogens with zero attached hydrogens (tertiary/aromatic N) is 1. The molecule has 0 bridgehead atoms. The Labute approximate surface area is 194 Å². The molecule has 180 valence electrons. The third kappa shape index (κ3) is 7.42. The Bertz CT molecular complexity index is 904. The van der Waals surface area contributed by atoms with E-state index < -0.39 is 27.8 Å². The molecule has 1 atom stereocenters. The molecule has 32 heavy (non-hydrogen) atoms. The fourth-order valence-electron chi connectivity index (χ4n) is 4.05. The molecule has 1 aromatic rings. The zero-order valence-electron chi connectivity index (χ0n) is 18.6. The van der Waals surface area contributed by atoms with Crippen molar-refractivity contribution in [2.24, 2.45) is 17.6 Å². The van der Waals surface area contributed by atoms with Crippen LogP contribution in [0.1, 0.15) is 58.8 Å². The highest BCUT2D eigenvalue weighted by molar-refractivity contribution is 7.89. The van der Waals surface area contributed by atoms with E-state index in [1.165, 1.54) is 0 Å². The molecule has 0 saturated heterocycles. The number of unbranched alkanes of at least 4 members (excludes halogenated alkanes) is 1. The third-order valence-electron chi connectivity index (χ3n) is 5.69. The predicted molar refractivity (Wildman–Crippen MR) is 122 cm³/mol. The van der Waals surface area contributed by atoms with Crippen molar-refractivity contribution in [1.82, 2.24) is 9.62 Å². The van der Waals surface area contributed by atoms with Crippen molar-refractivity contribution in [3.8, 4) is 0 Å². The minimum absolute atomic E-state index is 0.0365. The first-order valence-corrected chi connectivity index (χ1v) is 12.9. The van der Waals surface area contributed by atoms with Gasteiger partial charge in [0.2, 0.25) is 21.8 Å². The fraction of sp³-hybridized carbons (Fsp3) is 0.636. The molecule has 2 rings (SSSR count). The Morgan fingerprint density at radius 1 is 1.25 bits per heavy atom. The first-order chi connectivity index (χ1) is 15.0. The van der Waals surface area contributed by atoms with Crippen LogP contribution in [0.15, 0.2) is 23.1 Å². The SMILES string of the molecule is CC(C)C[C@@H](C(N)=O)N(CCCCNS(=O)(=O)c1ccc(F)cc1Cl)C(=O)C1CCCC1. The fourth-order valence-corrected chi connectivity index (χ4v) is 5.66. The molecule has 0 unspecified atom stereocenters. The van der Waals surface area contributed by atoms with Crippen LogP contribution < -0.4 is 10.5 Å².